The number of anilines is 1. The summed E-state index contributed by atoms with van der Waals surface area (Å²) in [6.07, 6.45) is 7.87. The molecule has 0 aliphatic heterocycles. The van der Waals surface area contributed by atoms with Gasteiger partial charge in [-0.1, -0.05) is 35.4 Å². The van der Waals surface area contributed by atoms with Gasteiger partial charge in [-0.05, 0) is 75.8 Å². The van der Waals surface area contributed by atoms with E-state index in [1.807, 2.05) is 13.8 Å². The Morgan fingerprint density at radius 2 is 1.80 bits per heavy atom. The van der Waals surface area contributed by atoms with E-state index in [9.17, 15) is 13.2 Å². The van der Waals surface area contributed by atoms with Crippen LogP contribution in [0.25, 0.3) is 0 Å². The van der Waals surface area contributed by atoms with Crippen molar-refractivity contribution >= 4 is 21.6 Å². The minimum absolute atomic E-state index is 0.186. The van der Waals surface area contributed by atoms with Gasteiger partial charge in [0, 0.05) is 19.2 Å². The molecule has 1 aliphatic rings. The number of rotatable bonds is 7. The third-order valence-corrected chi connectivity index (χ3v) is 7.39. The zero-order valence-corrected chi connectivity index (χ0v) is 18.8. The molecule has 0 fully saturated rings. The van der Waals surface area contributed by atoms with Crippen molar-refractivity contribution < 1.29 is 13.2 Å². The van der Waals surface area contributed by atoms with Gasteiger partial charge in [-0.15, -0.1) is 0 Å². The van der Waals surface area contributed by atoms with Crippen molar-refractivity contribution in [1.82, 2.24) is 5.32 Å². The minimum atomic E-state index is -3.71. The van der Waals surface area contributed by atoms with Crippen LogP contribution in [0.4, 0.5) is 5.69 Å². The number of carbonyl (C=O) groups excluding carboxylic acids is 1. The van der Waals surface area contributed by atoms with Crippen molar-refractivity contribution in [3.05, 3.63) is 70.8 Å². The second-order valence-electron chi connectivity index (χ2n) is 7.90. The Balaban J connectivity index is 1.74. The SMILES string of the molecule is Cc1ccc(S(=O)(=O)N(C)c2cc(C(=O)NCCC3=CCCCC3)ccc2C)cc1. The van der Waals surface area contributed by atoms with Gasteiger partial charge >= 0.3 is 0 Å². The van der Waals surface area contributed by atoms with Crippen molar-refractivity contribution in [2.75, 3.05) is 17.9 Å². The number of carbonyl (C=O) groups is 1. The smallest absolute Gasteiger partial charge is 0.264 e. The minimum Gasteiger partial charge on any atom is -0.352 e. The van der Waals surface area contributed by atoms with E-state index in [1.165, 1.54) is 29.8 Å². The monoisotopic (exact) mass is 426 g/mol. The standard InChI is InChI=1S/C24H30N2O3S/c1-18-9-13-22(14-10-18)30(28,29)26(3)23-17-21(12-11-19(23)2)24(27)25-16-15-20-7-5-4-6-8-20/h7,9-14,17H,4-6,8,15-16H2,1-3H3,(H,25,27). The average molecular weight is 427 g/mol. The number of hydrogen-bond donors (Lipinski definition) is 1. The molecule has 0 heterocycles. The number of hydrogen-bond acceptors (Lipinski definition) is 3. The number of amides is 1. The van der Waals surface area contributed by atoms with E-state index in [2.05, 4.69) is 11.4 Å². The molecular weight excluding hydrogens is 396 g/mol. The first-order valence-corrected chi connectivity index (χ1v) is 11.9. The van der Waals surface area contributed by atoms with Crippen LogP contribution < -0.4 is 9.62 Å². The van der Waals surface area contributed by atoms with E-state index in [4.69, 9.17) is 0 Å². The Morgan fingerprint density at radius 1 is 1.07 bits per heavy atom. The molecule has 5 nitrogen and oxygen atoms in total. The summed E-state index contributed by atoms with van der Waals surface area (Å²) in [6, 6.07) is 11.9. The van der Waals surface area contributed by atoms with Gasteiger partial charge in [0.25, 0.3) is 15.9 Å². The molecule has 30 heavy (non-hydrogen) atoms. The van der Waals surface area contributed by atoms with Crippen LogP contribution >= 0.6 is 0 Å². The lowest BCUT2D eigenvalue weighted by Crippen LogP contribution is -2.28. The van der Waals surface area contributed by atoms with Crippen LogP contribution in [0, 0.1) is 13.8 Å². The molecule has 0 aromatic heterocycles. The van der Waals surface area contributed by atoms with Gasteiger partial charge in [-0.25, -0.2) is 8.42 Å². The maximum Gasteiger partial charge on any atom is 0.264 e. The summed E-state index contributed by atoms with van der Waals surface area (Å²) >= 11 is 0. The number of benzene rings is 2. The summed E-state index contributed by atoms with van der Waals surface area (Å²) in [7, 11) is -2.19. The van der Waals surface area contributed by atoms with Gasteiger partial charge in [0.2, 0.25) is 0 Å². The van der Waals surface area contributed by atoms with Crippen LogP contribution in [-0.2, 0) is 10.0 Å². The van der Waals surface area contributed by atoms with Crippen LogP contribution in [-0.4, -0.2) is 27.9 Å². The normalized spacial score (nSPS) is 14.2. The largest absolute Gasteiger partial charge is 0.352 e. The number of nitrogens with one attached hydrogen (secondary N) is 1. The molecule has 6 heteroatoms. The summed E-state index contributed by atoms with van der Waals surface area (Å²) in [4.78, 5) is 12.9. The molecular formula is C24H30N2O3S. The van der Waals surface area contributed by atoms with Gasteiger partial charge in [-0.3, -0.25) is 9.10 Å². The zero-order chi connectivity index (χ0) is 21.7. The van der Waals surface area contributed by atoms with E-state index in [-0.39, 0.29) is 10.8 Å². The van der Waals surface area contributed by atoms with Crippen LogP contribution in [0.2, 0.25) is 0 Å². The Hall–Kier alpha value is -2.60. The summed E-state index contributed by atoms with van der Waals surface area (Å²) in [5.41, 5.74) is 4.15. The first kappa shape index (κ1) is 22.1. The molecule has 2 aromatic carbocycles. The first-order chi connectivity index (χ1) is 14.3. The molecule has 0 atom stereocenters. The lowest BCUT2D eigenvalue weighted by atomic mass is 9.97. The van der Waals surface area contributed by atoms with E-state index >= 15 is 0 Å². The topological polar surface area (TPSA) is 66.5 Å². The maximum atomic E-state index is 13.0. The quantitative estimate of drug-likeness (QED) is 0.650. The third-order valence-electron chi connectivity index (χ3n) is 5.61. The molecule has 1 amide bonds. The molecule has 160 valence electrons. The van der Waals surface area contributed by atoms with Gasteiger partial charge in [-0.2, -0.15) is 0 Å². The number of aryl methyl sites for hydroxylation is 2. The summed E-state index contributed by atoms with van der Waals surface area (Å²) < 4.78 is 27.3. The fourth-order valence-electron chi connectivity index (χ4n) is 3.66. The highest BCUT2D eigenvalue weighted by Gasteiger charge is 2.23. The third kappa shape index (κ3) is 5.11. The summed E-state index contributed by atoms with van der Waals surface area (Å²) in [5.74, 6) is -0.186. The number of allylic oxidation sites excluding steroid dienone is 1. The van der Waals surface area contributed by atoms with Gasteiger partial charge in [0.15, 0.2) is 0 Å². The highest BCUT2D eigenvalue weighted by molar-refractivity contribution is 7.92. The molecule has 2 aromatic rings. The van der Waals surface area contributed by atoms with E-state index in [0.29, 0.717) is 17.8 Å². The lowest BCUT2D eigenvalue weighted by Gasteiger charge is -2.22. The van der Waals surface area contributed by atoms with Crippen molar-refractivity contribution in [3.63, 3.8) is 0 Å². The first-order valence-electron chi connectivity index (χ1n) is 10.4. The van der Waals surface area contributed by atoms with Crippen molar-refractivity contribution in [2.45, 2.75) is 50.8 Å². The Kier molecular flexibility index (Phi) is 6.98. The van der Waals surface area contributed by atoms with E-state index in [1.54, 1.807) is 42.5 Å². The second-order valence-corrected chi connectivity index (χ2v) is 9.87. The second kappa shape index (κ2) is 9.47. The molecule has 0 unspecified atom stereocenters. The van der Waals surface area contributed by atoms with Gasteiger partial charge < -0.3 is 5.32 Å². The van der Waals surface area contributed by atoms with Crippen molar-refractivity contribution in [3.8, 4) is 0 Å². The predicted octanol–water partition coefficient (Wildman–Crippen LogP) is 4.75. The Morgan fingerprint density at radius 3 is 2.47 bits per heavy atom. The van der Waals surface area contributed by atoms with E-state index in [0.717, 1.165) is 30.4 Å². The average Bonchev–Trinajstić information content (AvgIpc) is 2.74. The van der Waals surface area contributed by atoms with Gasteiger partial charge in [0.1, 0.15) is 0 Å². The molecule has 1 N–H and O–H groups in total. The van der Waals surface area contributed by atoms with Crippen LogP contribution in [0.1, 0.15) is 53.6 Å². The molecule has 0 saturated heterocycles. The van der Waals surface area contributed by atoms with E-state index < -0.39 is 10.0 Å². The molecule has 0 saturated carbocycles. The predicted molar refractivity (Wildman–Crippen MR) is 121 cm³/mol. The molecule has 0 bridgehead atoms. The van der Waals surface area contributed by atoms with Crippen LogP contribution in [0.3, 0.4) is 0 Å². The Labute approximate surface area is 179 Å². The van der Waals surface area contributed by atoms with Crippen LogP contribution in [0.5, 0.6) is 0 Å². The molecule has 0 spiro atoms. The molecule has 0 radical (unpaired) electrons. The number of nitrogens with zero attached hydrogens (tertiary/aromatic N) is 1. The highest BCUT2D eigenvalue weighted by Crippen LogP contribution is 2.27. The lowest BCUT2D eigenvalue weighted by molar-refractivity contribution is 0.0954. The van der Waals surface area contributed by atoms with Crippen molar-refractivity contribution in [1.29, 1.82) is 0 Å². The fourth-order valence-corrected chi connectivity index (χ4v) is 4.91. The van der Waals surface area contributed by atoms with Gasteiger partial charge in [0.05, 0.1) is 10.6 Å². The van der Waals surface area contributed by atoms with Crippen molar-refractivity contribution in [2.24, 2.45) is 0 Å². The maximum absolute atomic E-state index is 13.0. The summed E-state index contributed by atoms with van der Waals surface area (Å²) in [5, 5.41) is 2.96. The highest BCUT2D eigenvalue weighted by atomic mass is 32.2. The molecule has 1 aliphatic carbocycles. The summed E-state index contributed by atoms with van der Waals surface area (Å²) in [6.45, 7) is 4.34. The van der Waals surface area contributed by atoms with Crippen LogP contribution in [0.15, 0.2) is 59.0 Å². The molecule has 3 rings (SSSR count). The zero-order valence-electron chi connectivity index (χ0n) is 17.9. The fraction of sp³-hybridized carbons (Fsp3) is 0.375. The Bertz CT molecular complexity index is 1040. The number of sulfonamides is 1.